The Kier molecular flexibility index (Phi) is 6.87. The smallest absolute Gasteiger partial charge is 0.338 e. The number of hydrogen-bond acceptors (Lipinski definition) is 8. The molecule has 0 fully saturated rings. The van der Waals surface area contributed by atoms with Gasteiger partial charge < -0.3 is 10.1 Å². The lowest BCUT2D eigenvalue weighted by molar-refractivity contribution is -0.113. The van der Waals surface area contributed by atoms with Crippen LogP contribution in [0.2, 0.25) is 0 Å². The van der Waals surface area contributed by atoms with Gasteiger partial charge in [-0.3, -0.25) is 4.79 Å². The lowest BCUT2D eigenvalue weighted by Gasteiger charge is -2.05. The molecule has 1 heterocycles. The molecule has 0 bridgehead atoms. The van der Waals surface area contributed by atoms with Crippen LogP contribution in [0.5, 0.6) is 0 Å². The number of hydrogen-bond donors (Lipinski definition) is 1. The second-order valence-corrected chi connectivity index (χ2v) is 7.43. The van der Waals surface area contributed by atoms with Crippen LogP contribution in [0, 0.1) is 0 Å². The Labute approximate surface area is 146 Å². The van der Waals surface area contributed by atoms with Crippen LogP contribution in [0.25, 0.3) is 0 Å². The highest BCUT2D eigenvalue weighted by molar-refractivity contribution is 8.03. The molecule has 6 nitrogen and oxygen atoms in total. The number of anilines is 1. The van der Waals surface area contributed by atoms with Gasteiger partial charge in [-0.2, -0.15) is 0 Å². The molecule has 9 heteroatoms. The fourth-order valence-electron chi connectivity index (χ4n) is 1.57. The molecular weight excluding hydrogens is 354 g/mol. The van der Waals surface area contributed by atoms with E-state index in [0.717, 1.165) is 8.68 Å². The van der Waals surface area contributed by atoms with E-state index >= 15 is 0 Å². The predicted molar refractivity (Wildman–Crippen MR) is 93.4 cm³/mol. The molecule has 122 valence electrons. The minimum absolute atomic E-state index is 0.139. The molecule has 0 aliphatic heterocycles. The van der Waals surface area contributed by atoms with E-state index in [1.54, 1.807) is 31.2 Å². The van der Waals surface area contributed by atoms with Crippen molar-refractivity contribution in [2.75, 3.05) is 23.9 Å². The van der Waals surface area contributed by atoms with E-state index < -0.39 is 0 Å². The fraction of sp³-hybridized carbons (Fsp3) is 0.286. The van der Waals surface area contributed by atoms with Crippen LogP contribution >= 0.6 is 34.9 Å². The topological polar surface area (TPSA) is 81.2 Å². The molecule has 0 atom stereocenters. The summed E-state index contributed by atoms with van der Waals surface area (Å²) in [4.78, 5) is 23.4. The van der Waals surface area contributed by atoms with Gasteiger partial charge in [0.15, 0.2) is 8.68 Å². The third-order valence-electron chi connectivity index (χ3n) is 2.57. The Morgan fingerprint density at radius 3 is 2.52 bits per heavy atom. The lowest BCUT2D eigenvalue weighted by atomic mass is 10.2. The highest BCUT2D eigenvalue weighted by Crippen LogP contribution is 2.27. The van der Waals surface area contributed by atoms with E-state index in [0.29, 0.717) is 17.9 Å². The van der Waals surface area contributed by atoms with Gasteiger partial charge in [0, 0.05) is 5.69 Å². The summed E-state index contributed by atoms with van der Waals surface area (Å²) in [7, 11) is 0. The number of esters is 1. The summed E-state index contributed by atoms with van der Waals surface area (Å²) in [6, 6.07) is 6.59. The Bertz CT molecular complexity index is 673. The first-order chi connectivity index (χ1) is 11.1. The molecule has 0 radical (unpaired) electrons. The summed E-state index contributed by atoms with van der Waals surface area (Å²) >= 11 is 4.33. The van der Waals surface area contributed by atoms with E-state index in [9.17, 15) is 9.59 Å². The van der Waals surface area contributed by atoms with Crippen LogP contribution in [0.15, 0.2) is 32.9 Å². The van der Waals surface area contributed by atoms with E-state index in [2.05, 4.69) is 15.5 Å². The zero-order valence-electron chi connectivity index (χ0n) is 12.6. The van der Waals surface area contributed by atoms with Crippen molar-refractivity contribution in [1.82, 2.24) is 10.2 Å². The van der Waals surface area contributed by atoms with Crippen LogP contribution in [-0.4, -0.2) is 40.7 Å². The molecule has 2 rings (SSSR count). The zero-order valence-corrected chi connectivity index (χ0v) is 15.0. The number of nitrogens with zero attached hydrogens (tertiary/aromatic N) is 2. The number of benzene rings is 1. The molecule has 0 aliphatic carbocycles. The third kappa shape index (κ3) is 5.52. The number of rotatable bonds is 7. The van der Waals surface area contributed by atoms with Crippen LogP contribution < -0.4 is 5.32 Å². The van der Waals surface area contributed by atoms with Gasteiger partial charge in [0.2, 0.25) is 5.91 Å². The second-order valence-electron chi connectivity index (χ2n) is 4.17. The van der Waals surface area contributed by atoms with Gasteiger partial charge in [-0.25, -0.2) is 4.79 Å². The van der Waals surface area contributed by atoms with Gasteiger partial charge in [0.1, 0.15) is 0 Å². The van der Waals surface area contributed by atoms with Crippen molar-refractivity contribution in [3.63, 3.8) is 0 Å². The molecule has 1 aromatic carbocycles. The Morgan fingerprint density at radius 2 is 1.91 bits per heavy atom. The van der Waals surface area contributed by atoms with Crippen molar-refractivity contribution in [2.45, 2.75) is 15.6 Å². The summed E-state index contributed by atoms with van der Waals surface area (Å²) in [6.07, 6.45) is 1.93. The van der Waals surface area contributed by atoms with Gasteiger partial charge >= 0.3 is 5.97 Å². The number of aromatic nitrogens is 2. The summed E-state index contributed by atoms with van der Waals surface area (Å²) in [5.74, 6) is -0.260. The zero-order chi connectivity index (χ0) is 16.7. The monoisotopic (exact) mass is 369 g/mol. The van der Waals surface area contributed by atoms with Gasteiger partial charge in [0.05, 0.1) is 17.9 Å². The minimum Gasteiger partial charge on any atom is -0.462 e. The molecule has 1 aromatic heterocycles. The van der Waals surface area contributed by atoms with Crippen molar-refractivity contribution in [3.8, 4) is 0 Å². The van der Waals surface area contributed by atoms with Crippen LogP contribution in [0.4, 0.5) is 5.69 Å². The standard InChI is InChI=1S/C14H15N3O3S3/c1-3-20-12(19)9-4-6-10(7-5-9)15-11(18)8-22-14-17-16-13(21-2)23-14/h4-7H,3,8H2,1-2H3,(H,15,18). The second kappa shape index (κ2) is 8.90. The number of ether oxygens (including phenoxy) is 1. The van der Waals surface area contributed by atoms with Gasteiger partial charge in [-0.15, -0.1) is 10.2 Å². The van der Waals surface area contributed by atoms with E-state index in [-0.39, 0.29) is 17.6 Å². The number of carbonyl (C=O) groups is 2. The Balaban J connectivity index is 1.83. The molecule has 0 saturated heterocycles. The molecule has 1 N–H and O–H groups in total. The van der Waals surface area contributed by atoms with Gasteiger partial charge in [-0.1, -0.05) is 34.9 Å². The maximum absolute atomic E-state index is 11.9. The number of thioether (sulfide) groups is 2. The number of carbonyl (C=O) groups excluding carboxylic acids is 2. The Morgan fingerprint density at radius 1 is 1.22 bits per heavy atom. The van der Waals surface area contributed by atoms with Crippen molar-refractivity contribution >= 4 is 52.4 Å². The average Bonchev–Trinajstić information content (AvgIpc) is 3.02. The summed E-state index contributed by atoms with van der Waals surface area (Å²) in [6.45, 7) is 2.09. The van der Waals surface area contributed by atoms with E-state index in [1.165, 1.54) is 34.9 Å². The summed E-state index contributed by atoms with van der Waals surface area (Å²) < 4.78 is 6.55. The van der Waals surface area contributed by atoms with Crippen LogP contribution in [0.1, 0.15) is 17.3 Å². The molecule has 1 amide bonds. The summed E-state index contributed by atoms with van der Waals surface area (Å²) in [5.41, 5.74) is 1.09. The average molecular weight is 369 g/mol. The van der Waals surface area contributed by atoms with Crippen LogP contribution in [0.3, 0.4) is 0 Å². The normalized spacial score (nSPS) is 10.3. The SMILES string of the molecule is CCOC(=O)c1ccc(NC(=O)CSc2nnc(SC)s2)cc1. The quantitative estimate of drug-likeness (QED) is 0.593. The number of amides is 1. The first-order valence-electron chi connectivity index (χ1n) is 6.69. The number of nitrogens with one attached hydrogen (secondary N) is 1. The van der Waals surface area contributed by atoms with Gasteiger partial charge in [0.25, 0.3) is 0 Å². The molecule has 0 spiro atoms. The van der Waals surface area contributed by atoms with Crippen molar-refractivity contribution in [2.24, 2.45) is 0 Å². The molecule has 2 aromatic rings. The third-order valence-corrected chi connectivity index (χ3v) is 5.60. The highest BCUT2D eigenvalue weighted by atomic mass is 32.2. The van der Waals surface area contributed by atoms with Crippen molar-refractivity contribution in [1.29, 1.82) is 0 Å². The molecule has 0 unspecified atom stereocenters. The first kappa shape index (κ1) is 17.8. The molecule has 23 heavy (non-hydrogen) atoms. The minimum atomic E-state index is -0.373. The van der Waals surface area contributed by atoms with Crippen molar-refractivity contribution in [3.05, 3.63) is 29.8 Å². The first-order valence-corrected chi connectivity index (χ1v) is 9.72. The Hall–Kier alpha value is -1.58. The van der Waals surface area contributed by atoms with Gasteiger partial charge in [-0.05, 0) is 37.4 Å². The largest absolute Gasteiger partial charge is 0.462 e. The maximum atomic E-state index is 11.9. The molecule has 0 aliphatic rings. The highest BCUT2D eigenvalue weighted by Gasteiger charge is 2.09. The molecular formula is C14H15N3O3S3. The van der Waals surface area contributed by atoms with Crippen LogP contribution in [-0.2, 0) is 9.53 Å². The maximum Gasteiger partial charge on any atom is 0.338 e. The predicted octanol–water partition coefficient (Wildman–Crippen LogP) is 3.17. The lowest BCUT2D eigenvalue weighted by Crippen LogP contribution is -2.14. The van der Waals surface area contributed by atoms with E-state index in [1.807, 2.05) is 6.26 Å². The summed E-state index contributed by atoms with van der Waals surface area (Å²) in [5, 5.41) is 10.7. The van der Waals surface area contributed by atoms with Crippen molar-refractivity contribution < 1.29 is 14.3 Å². The fourth-order valence-corrected chi connectivity index (χ4v) is 3.80. The molecule has 0 saturated carbocycles. The van der Waals surface area contributed by atoms with E-state index in [4.69, 9.17) is 4.74 Å².